The smallest absolute Gasteiger partial charge is 0.249 e. The highest BCUT2D eigenvalue weighted by molar-refractivity contribution is 5.58. The summed E-state index contributed by atoms with van der Waals surface area (Å²) < 4.78 is 10.8. The van der Waals surface area contributed by atoms with Crippen molar-refractivity contribution in [2.75, 3.05) is 12.8 Å². The van der Waals surface area contributed by atoms with Crippen LogP contribution in [0.4, 0.5) is 5.69 Å². The summed E-state index contributed by atoms with van der Waals surface area (Å²) in [4.78, 5) is 7.89. The van der Waals surface area contributed by atoms with Crippen molar-refractivity contribution in [2.45, 2.75) is 13.8 Å². The highest BCUT2D eigenvalue weighted by atomic mass is 16.5. The molecule has 0 saturated heterocycles. The zero-order chi connectivity index (χ0) is 14.7. The first-order valence-corrected chi connectivity index (χ1v) is 5.90. The second kappa shape index (κ2) is 5.45. The Kier molecular flexibility index (Phi) is 3.71. The first-order chi connectivity index (χ1) is 9.56. The SMILES string of the molecule is COc1ncnc(Oc2c(C)cc(C#N)cc2C)c1N. The monoisotopic (exact) mass is 270 g/mol. The lowest BCUT2D eigenvalue weighted by atomic mass is 10.1. The van der Waals surface area contributed by atoms with Crippen molar-refractivity contribution in [3.8, 4) is 23.6 Å². The third kappa shape index (κ3) is 2.47. The van der Waals surface area contributed by atoms with Crippen LogP contribution in [-0.4, -0.2) is 17.1 Å². The highest BCUT2D eigenvalue weighted by Crippen LogP contribution is 2.34. The second-order valence-corrected chi connectivity index (χ2v) is 4.25. The average Bonchev–Trinajstić information content (AvgIpc) is 2.44. The summed E-state index contributed by atoms with van der Waals surface area (Å²) in [5.74, 6) is 1.11. The number of nitriles is 1. The van der Waals surface area contributed by atoms with E-state index in [9.17, 15) is 0 Å². The lowest BCUT2D eigenvalue weighted by Gasteiger charge is -2.13. The Morgan fingerprint density at radius 3 is 2.30 bits per heavy atom. The van der Waals surface area contributed by atoms with Gasteiger partial charge in [0.1, 0.15) is 12.1 Å². The van der Waals surface area contributed by atoms with Gasteiger partial charge in [0, 0.05) is 0 Å². The minimum atomic E-state index is 0.229. The van der Waals surface area contributed by atoms with E-state index >= 15 is 0 Å². The van der Waals surface area contributed by atoms with Crippen molar-refractivity contribution in [3.05, 3.63) is 35.2 Å². The van der Waals surface area contributed by atoms with Crippen LogP contribution in [0.3, 0.4) is 0 Å². The second-order valence-electron chi connectivity index (χ2n) is 4.25. The number of benzene rings is 1. The molecule has 0 bridgehead atoms. The molecule has 0 atom stereocenters. The summed E-state index contributed by atoms with van der Waals surface area (Å²) in [5, 5.41) is 8.93. The molecule has 0 amide bonds. The number of rotatable bonds is 3. The maximum Gasteiger partial charge on any atom is 0.249 e. The van der Waals surface area contributed by atoms with Crippen LogP contribution in [0.1, 0.15) is 16.7 Å². The van der Waals surface area contributed by atoms with E-state index in [1.165, 1.54) is 13.4 Å². The molecule has 0 aliphatic carbocycles. The highest BCUT2D eigenvalue weighted by Gasteiger charge is 2.14. The van der Waals surface area contributed by atoms with Gasteiger partial charge < -0.3 is 15.2 Å². The molecule has 6 heteroatoms. The Labute approximate surface area is 116 Å². The van der Waals surface area contributed by atoms with Crippen molar-refractivity contribution in [1.29, 1.82) is 5.26 Å². The van der Waals surface area contributed by atoms with E-state index in [4.69, 9.17) is 20.5 Å². The first-order valence-electron chi connectivity index (χ1n) is 5.90. The molecule has 1 aromatic heterocycles. The van der Waals surface area contributed by atoms with Crippen LogP contribution >= 0.6 is 0 Å². The number of nitrogens with zero attached hydrogens (tertiary/aromatic N) is 3. The molecule has 1 heterocycles. The van der Waals surface area contributed by atoms with Gasteiger partial charge >= 0.3 is 0 Å². The zero-order valence-corrected chi connectivity index (χ0v) is 11.5. The lowest BCUT2D eigenvalue weighted by molar-refractivity contribution is 0.391. The van der Waals surface area contributed by atoms with Gasteiger partial charge in [-0.3, -0.25) is 0 Å². The Morgan fingerprint density at radius 2 is 1.75 bits per heavy atom. The number of aromatic nitrogens is 2. The van der Waals surface area contributed by atoms with Crippen LogP contribution in [0.25, 0.3) is 0 Å². The molecule has 0 unspecified atom stereocenters. The van der Waals surface area contributed by atoms with Crippen LogP contribution < -0.4 is 15.2 Å². The van der Waals surface area contributed by atoms with E-state index < -0.39 is 0 Å². The van der Waals surface area contributed by atoms with E-state index in [0.29, 0.717) is 11.3 Å². The fraction of sp³-hybridized carbons (Fsp3) is 0.214. The largest absolute Gasteiger partial charge is 0.479 e. The number of nitrogen functional groups attached to an aromatic ring is 1. The van der Waals surface area contributed by atoms with Gasteiger partial charge in [-0.1, -0.05) is 0 Å². The lowest BCUT2D eigenvalue weighted by Crippen LogP contribution is -2.02. The van der Waals surface area contributed by atoms with Crippen LogP contribution in [0.15, 0.2) is 18.5 Å². The van der Waals surface area contributed by atoms with Gasteiger partial charge in [0.05, 0.1) is 18.7 Å². The molecule has 0 fully saturated rings. The van der Waals surface area contributed by atoms with Crippen molar-refractivity contribution >= 4 is 5.69 Å². The fourth-order valence-electron chi connectivity index (χ4n) is 1.88. The number of aryl methyl sites for hydroxylation is 2. The molecule has 102 valence electrons. The molecule has 2 N–H and O–H groups in total. The van der Waals surface area contributed by atoms with E-state index in [1.54, 1.807) is 12.1 Å². The fourth-order valence-corrected chi connectivity index (χ4v) is 1.88. The Bertz CT molecular complexity index is 669. The molecule has 0 spiro atoms. The molecule has 0 radical (unpaired) electrons. The van der Waals surface area contributed by atoms with Gasteiger partial charge in [0.25, 0.3) is 0 Å². The Balaban J connectivity index is 2.43. The summed E-state index contributed by atoms with van der Waals surface area (Å²) >= 11 is 0. The topological polar surface area (TPSA) is 94.0 Å². The predicted molar refractivity (Wildman–Crippen MR) is 73.7 cm³/mol. The summed E-state index contributed by atoms with van der Waals surface area (Å²) in [6.07, 6.45) is 1.32. The average molecular weight is 270 g/mol. The first kappa shape index (κ1) is 13.6. The quantitative estimate of drug-likeness (QED) is 0.919. The number of nitrogens with two attached hydrogens (primary N) is 1. The number of anilines is 1. The zero-order valence-electron chi connectivity index (χ0n) is 11.5. The van der Waals surface area contributed by atoms with E-state index in [1.807, 2.05) is 13.8 Å². The number of hydrogen-bond donors (Lipinski definition) is 1. The summed E-state index contributed by atoms with van der Waals surface area (Å²) in [6, 6.07) is 5.60. The molecule has 2 aromatic rings. The van der Waals surface area contributed by atoms with Gasteiger partial charge in [-0.15, -0.1) is 0 Å². The summed E-state index contributed by atoms with van der Waals surface area (Å²) in [6.45, 7) is 3.72. The van der Waals surface area contributed by atoms with Crippen molar-refractivity contribution in [3.63, 3.8) is 0 Å². The minimum Gasteiger partial charge on any atom is -0.479 e. The van der Waals surface area contributed by atoms with E-state index in [2.05, 4.69) is 16.0 Å². The van der Waals surface area contributed by atoms with Crippen LogP contribution in [-0.2, 0) is 0 Å². The standard InChI is InChI=1S/C14H14N4O2/c1-8-4-10(6-15)5-9(2)12(8)20-14-11(16)13(19-3)17-7-18-14/h4-5,7H,16H2,1-3H3. The van der Waals surface area contributed by atoms with Gasteiger partial charge in [-0.05, 0) is 37.1 Å². The third-order valence-electron chi connectivity index (χ3n) is 2.79. The molecule has 6 nitrogen and oxygen atoms in total. The molecule has 0 aliphatic heterocycles. The third-order valence-corrected chi connectivity index (χ3v) is 2.79. The Hall–Kier alpha value is -2.81. The summed E-state index contributed by atoms with van der Waals surface area (Å²) in [7, 11) is 1.47. The van der Waals surface area contributed by atoms with Crippen LogP contribution in [0.5, 0.6) is 17.5 Å². The Morgan fingerprint density at radius 1 is 1.15 bits per heavy atom. The normalized spacial score (nSPS) is 9.90. The molecule has 1 aromatic carbocycles. The molecule has 0 aliphatic rings. The van der Waals surface area contributed by atoms with Crippen molar-refractivity contribution in [1.82, 2.24) is 9.97 Å². The minimum absolute atomic E-state index is 0.229. The van der Waals surface area contributed by atoms with Crippen LogP contribution in [0.2, 0.25) is 0 Å². The number of methoxy groups -OCH3 is 1. The van der Waals surface area contributed by atoms with E-state index in [-0.39, 0.29) is 17.4 Å². The van der Waals surface area contributed by atoms with E-state index in [0.717, 1.165) is 11.1 Å². The molecule has 2 rings (SSSR count). The molecular formula is C14H14N4O2. The van der Waals surface area contributed by atoms with Gasteiger partial charge in [0.15, 0.2) is 5.69 Å². The van der Waals surface area contributed by atoms with Crippen molar-refractivity contribution < 1.29 is 9.47 Å². The van der Waals surface area contributed by atoms with Gasteiger partial charge in [-0.2, -0.15) is 15.2 Å². The summed E-state index contributed by atoms with van der Waals surface area (Å²) in [5.41, 5.74) is 8.35. The maximum absolute atomic E-state index is 8.93. The molecule has 20 heavy (non-hydrogen) atoms. The van der Waals surface area contributed by atoms with Gasteiger partial charge in [0.2, 0.25) is 11.8 Å². The van der Waals surface area contributed by atoms with Gasteiger partial charge in [-0.25, -0.2) is 0 Å². The van der Waals surface area contributed by atoms with Crippen LogP contribution in [0, 0.1) is 25.2 Å². The maximum atomic E-state index is 8.93. The molecular weight excluding hydrogens is 256 g/mol. The number of ether oxygens (including phenoxy) is 2. The van der Waals surface area contributed by atoms with Crippen molar-refractivity contribution in [2.24, 2.45) is 0 Å². The number of hydrogen-bond acceptors (Lipinski definition) is 6. The predicted octanol–water partition coefficient (Wildman–Crippen LogP) is 2.35. The molecule has 0 saturated carbocycles.